The molecule has 0 atom stereocenters. The van der Waals surface area contributed by atoms with Crippen LogP contribution in [0.1, 0.15) is 23.6 Å². The van der Waals surface area contributed by atoms with E-state index in [1.54, 1.807) is 12.1 Å². The summed E-state index contributed by atoms with van der Waals surface area (Å²) < 4.78 is 0. The number of nitrogens with one attached hydrogen (secondary N) is 1. The highest BCUT2D eigenvalue weighted by Crippen LogP contribution is 2.29. The SMILES string of the molecule is O=[N+]([O-])c1ccccc1NCCCN1CCN(C(c2ccccc2)c2ccccc2)CC1. The molecular formula is C26H30N4O2. The van der Waals surface area contributed by atoms with Crippen LogP contribution in [0.25, 0.3) is 0 Å². The topological polar surface area (TPSA) is 61.7 Å². The smallest absolute Gasteiger partial charge is 0.292 e. The lowest BCUT2D eigenvalue weighted by Crippen LogP contribution is -2.48. The Balaban J connectivity index is 1.29. The van der Waals surface area contributed by atoms with Crippen molar-refractivity contribution in [2.45, 2.75) is 12.5 Å². The van der Waals surface area contributed by atoms with Crippen molar-refractivity contribution in [3.63, 3.8) is 0 Å². The molecule has 3 aromatic carbocycles. The van der Waals surface area contributed by atoms with Crippen LogP contribution < -0.4 is 5.32 Å². The van der Waals surface area contributed by atoms with Crippen LogP contribution in [0, 0.1) is 10.1 Å². The molecule has 1 N–H and O–H groups in total. The maximum atomic E-state index is 11.1. The summed E-state index contributed by atoms with van der Waals surface area (Å²) in [6, 6.07) is 28.6. The minimum absolute atomic E-state index is 0.133. The minimum atomic E-state index is -0.336. The number of para-hydroxylation sites is 2. The molecule has 0 aromatic heterocycles. The van der Waals surface area contributed by atoms with Gasteiger partial charge in [0.15, 0.2) is 0 Å². The molecule has 0 bridgehead atoms. The third kappa shape index (κ3) is 5.52. The highest BCUT2D eigenvalue weighted by atomic mass is 16.6. The Morgan fingerprint density at radius 3 is 1.97 bits per heavy atom. The summed E-state index contributed by atoms with van der Waals surface area (Å²) in [5.41, 5.74) is 3.39. The van der Waals surface area contributed by atoms with Crippen molar-refractivity contribution in [3.05, 3.63) is 106 Å². The number of anilines is 1. The zero-order chi connectivity index (χ0) is 22.2. The van der Waals surface area contributed by atoms with Crippen molar-refractivity contribution >= 4 is 11.4 Å². The highest BCUT2D eigenvalue weighted by Gasteiger charge is 2.26. The number of hydrogen-bond acceptors (Lipinski definition) is 5. The summed E-state index contributed by atoms with van der Waals surface area (Å²) in [6.45, 7) is 5.81. The van der Waals surface area contributed by atoms with Crippen LogP contribution in [0.3, 0.4) is 0 Å². The third-order valence-electron chi connectivity index (χ3n) is 6.07. The summed E-state index contributed by atoms with van der Waals surface area (Å²) in [6.07, 6.45) is 0.951. The van der Waals surface area contributed by atoms with E-state index < -0.39 is 0 Å². The lowest BCUT2D eigenvalue weighted by molar-refractivity contribution is -0.384. The van der Waals surface area contributed by atoms with Gasteiger partial charge in [0.2, 0.25) is 0 Å². The maximum absolute atomic E-state index is 11.1. The lowest BCUT2D eigenvalue weighted by atomic mass is 9.96. The van der Waals surface area contributed by atoms with Crippen LogP contribution in [0.4, 0.5) is 11.4 Å². The summed E-state index contributed by atoms with van der Waals surface area (Å²) >= 11 is 0. The van der Waals surface area contributed by atoms with Gasteiger partial charge in [0, 0.05) is 38.8 Å². The van der Waals surface area contributed by atoms with Gasteiger partial charge < -0.3 is 10.2 Å². The lowest BCUT2D eigenvalue weighted by Gasteiger charge is -2.39. The zero-order valence-corrected chi connectivity index (χ0v) is 18.3. The number of benzene rings is 3. The predicted octanol–water partition coefficient (Wildman–Crippen LogP) is 4.80. The van der Waals surface area contributed by atoms with E-state index in [1.165, 1.54) is 17.2 Å². The Morgan fingerprint density at radius 2 is 1.38 bits per heavy atom. The van der Waals surface area contributed by atoms with Gasteiger partial charge in [-0.1, -0.05) is 72.8 Å². The average molecular weight is 431 g/mol. The van der Waals surface area contributed by atoms with Gasteiger partial charge in [0.25, 0.3) is 5.69 Å². The molecule has 1 aliphatic heterocycles. The first kappa shape index (κ1) is 22.0. The van der Waals surface area contributed by atoms with Gasteiger partial charge >= 0.3 is 0 Å². The second-order valence-electron chi connectivity index (χ2n) is 8.16. The van der Waals surface area contributed by atoms with Gasteiger partial charge in [-0.05, 0) is 30.2 Å². The molecule has 0 amide bonds. The fraction of sp³-hybridized carbons (Fsp3) is 0.308. The average Bonchev–Trinajstić information content (AvgIpc) is 2.84. The minimum Gasteiger partial charge on any atom is -0.379 e. The van der Waals surface area contributed by atoms with E-state index in [1.807, 2.05) is 6.07 Å². The Bertz CT molecular complexity index is 949. The third-order valence-corrected chi connectivity index (χ3v) is 6.07. The van der Waals surface area contributed by atoms with Gasteiger partial charge in [0.1, 0.15) is 5.69 Å². The van der Waals surface area contributed by atoms with Crippen LogP contribution >= 0.6 is 0 Å². The zero-order valence-electron chi connectivity index (χ0n) is 18.3. The first-order valence-electron chi connectivity index (χ1n) is 11.3. The molecule has 4 rings (SSSR count). The fourth-order valence-corrected chi connectivity index (χ4v) is 4.44. The van der Waals surface area contributed by atoms with Crippen LogP contribution in [0.5, 0.6) is 0 Å². The first-order valence-corrected chi connectivity index (χ1v) is 11.3. The molecule has 0 spiro atoms. The Labute approximate surface area is 189 Å². The summed E-state index contributed by atoms with van der Waals surface area (Å²) in [7, 11) is 0. The van der Waals surface area contributed by atoms with Gasteiger partial charge in [-0.2, -0.15) is 0 Å². The molecule has 0 saturated carbocycles. The molecule has 1 fully saturated rings. The fourth-order valence-electron chi connectivity index (χ4n) is 4.44. The first-order chi connectivity index (χ1) is 15.7. The van der Waals surface area contributed by atoms with Gasteiger partial charge in [0.05, 0.1) is 11.0 Å². The number of rotatable bonds is 9. The highest BCUT2D eigenvalue weighted by molar-refractivity contribution is 5.60. The molecule has 3 aromatic rings. The molecule has 6 heteroatoms. The van der Waals surface area contributed by atoms with Gasteiger partial charge in [-0.15, -0.1) is 0 Å². The molecule has 1 saturated heterocycles. The number of nitro benzene ring substituents is 1. The molecule has 1 aliphatic rings. The van der Waals surface area contributed by atoms with Crippen molar-refractivity contribution in [1.29, 1.82) is 0 Å². The maximum Gasteiger partial charge on any atom is 0.292 e. The molecule has 0 radical (unpaired) electrons. The molecular weight excluding hydrogens is 400 g/mol. The second-order valence-corrected chi connectivity index (χ2v) is 8.16. The van der Waals surface area contributed by atoms with E-state index in [9.17, 15) is 10.1 Å². The van der Waals surface area contributed by atoms with Crippen molar-refractivity contribution in [3.8, 4) is 0 Å². The molecule has 1 heterocycles. The van der Waals surface area contributed by atoms with Gasteiger partial charge in [-0.3, -0.25) is 15.0 Å². The van der Waals surface area contributed by atoms with E-state index in [0.29, 0.717) is 5.69 Å². The number of piperazine rings is 1. The molecule has 0 aliphatic carbocycles. The van der Waals surface area contributed by atoms with Crippen LogP contribution in [0.15, 0.2) is 84.9 Å². The van der Waals surface area contributed by atoms with Crippen LogP contribution in [-0.2, 0) is 0 Å². The van der Waals surface area contributed by atoms with Crippen molar-refractivity contribution in [2.24, 2.45) is 0 Å². The van der Waals surface area contributed by atoms with E-state index >= 15 is 0 Å². The van der Waals surface area contributed by atoms with Crippen LogP contribution in [0.2, 0.25) is 0 Å². The van der Waals surface area contributed by atoms with E-state index in [-0.39, 0.29) is 16.7 Å². The predicted molar refractivity (Wildman–Crippen MR) is 129 cm³/mol. The normalized spacial score (nSPS) is 15.0. The Hall–Kier alpha value is -3.22. The quantitative estimate of drug-likeness (QED) is 0.300. The monoisotopic (exact) mass is 430 g/mol. The van der Waals surface area contributed by atoms with Crippen molar-refractivity contribution < 1.29 is 4.92 Å². The summed E-state index contributed by atoms with van der Waals surface area (Å²) in [5, 5.41) is 14.4. The van der Waals surface area contributed by atoms with Gasteiger partial charge in [-0.25, -0.2) is 0 Å². The number of nitro groups is 1. The van der Waals surface area contributed by atoms with E-state index in [0.717, 1.165) is 45.7 Å². The number of nitrogens with zero attached hydrogens (tertiary/aromatic N) is 3. The van der Waals surface area contributed by atoms with E-state index in [4.69, 9.17) is 0 Å². The molecule has 0 unspecified atom stereocenters. The second kappa shape index (κ2) is 10.9. The van der Waals surface area contributed by atoms with Crippen molar-refractivity contribution in [2.75, 3.05) is 44.6 Å². The molecule has 6 nitrogen and oxygen atoms in total. The van der Waals surface area contributed by atoms with Crippen molar-refractivity contribution in [1.82, 2.24) is 9.80 Å². The molecule has 32 heavy (non-hydrogen) atoms. The summed E-state index contributed by atoms with van der Waals surface area (Å²) in [5.74, 6) is 0. The Morgan fingerprint density at radius 1 is 0.812 bits per heavy atom. The number of hydrogen-bond donors (Lipinski definition) is 1. The van der Waals surface area contributed by atoms with Crippen LogP contribution in [-0.4, -0.2) is 54.0 Å². The Kier molecular flexibility index (Phi) is 7.48. The largest absolute Gasteiger partial charge is 0.379 e. The standard InChI is InChI=1S/C26H30N4O2/c31-30(32)25-15-8-7-14-24(25)27-16-9-17-28-18-20-29(21-19-28)26(22-10-3-1-4-11-22)23-12-5-2-6-13-23/h1-8,10-15,26-27H,9,16-21H2. The molecule has 166 valence electrons. The van der Waals surface area contributed by atoms with E-state index in [2.05, 4.69) is 75.8 Å². The summed E-state index contributed by atoms with van der Waals surface area (Å²) in [4.78, 5) is 15.9.